The Labute approximate surface area is 161 Å². The van der Waals surface area contributed by atoms with Crippen LogP contribution in [-0.4, -0.2) is 10.9 Å². The molecule has 4 nitrogen and oxygen atoms in total. The van der Waals surface area contributed by atoms with Crippen LogP contribution < -0.4 is 10.6 Å². The molecule has 1 aromatic heterocycles. The highest BCUT2D eigenvalue weighted by Gasteiger charge is 2.30. The van der Waals surface area contributed by atoms with Gasteiger partial charge in [0, 0.05) is 22.0 Å². The summed E-state index contributed by atoms with van der Waals surface area (Å²) in [5.74, 6) is -0.147. The van der Waals surface area contributed by atoms with Crippen molar-refractivity contribution in [2.24, 2.45) is 0 Å². The van der Waals surface area contributed by atoms with Gasteiger partial charge in [-0.3, -0.25) is 4.79 Å². The van der Waals surface area contributed by atoms with Crippen LogP contribution in [0.3, 0.4) is 0 Å². The van der Waals surface area contributed by atoms with E-state index in [-0.39, 0.29) is 17.3 Å². The Hall–Kier alpha value is -2.87. The van der Waals surface area contributed by atoms with Crippen LogP contribution in [0, 0.1) is 0 Å². The quantitative estimate of drug-likeness (QED) is 0.539. The number of nitrogens with zero attached hydrogens (tertiary/aromatic N) is 1. The van der Waals surface area contributed by atoms with Crippen LogP contribution in [0.4, 0.5) is 30.4 Å². The number of halogens is 4. The third kappa shape index (κ3) is 4.85. The molecule has 27 heavy (non-hydrogen) atoms. The second-order valence-electron chi connectivity index (χ2n) is 5.56. The molecule has 0 aliphatic heterocycles. The van der Waals surface area contributed by atoms with Crippen molar-refractivity contribution in [2.75, 3.05) is 10.6 Å². The Bertz CT molecular complexity index is 942. The maximum Gasteiger partial charge on any atom is 0.416 e. The summed E-state index contributed by atoms with van der Waals surface area (Å²) in [5, 5.41) is 5.63. The fourth-order valence-electron chi connectivity index (χ4n) is 2.30. The number of carbonyl (C=O) groups is 1. The summed E-state index contributed by atoms with van der Waals surface area (Å²) in [5.41, 5.74) is 0.509. The van der Waals surface area contributed by atoms with Crippen LogP contribution in [-0.2, 0) is 6.18 Å². The summed E-state index contributed by atoms with van der Waals surface area (Å²) in [6.07, 6.45) is -2.91. The molecule has 1 heterocycles. The fourth-order valence-corrected chi connectivity index (χ4v) is 2.56. The largest absolute Gasteiger partial charge is 0.416 e. The van der Waals surface area contributed by atoms with Crippen LogP contribution in [0.25, 0.3) is 0 Å². The first-order valence-corrected chi connectivity index (χ1v) is 8.58. The van der Waals surface area contributed by atoms with Gasteiger partial charge in [-0.2, -0.15) is 13.2 Å². The van der Waals surface area contributed by atoms with Crippen molar-refractivity contribution in [3.05, 3.63) is 82.5 Å². The van der Waals surface area contributed by atoms with Crippen molar-refractivity contribution in [1.82, 2.24) is 4.98 Å². The monoisotopic (exact) mass is 435 g/mol. The van der Waals surface area contributed by atoms with Gasteiger partial charge in [0.05, 0.1) is 11.1 Å². The van der Waals surface area contributed by atoms with E-state index in [1.165, 1.54) is 18.3 Å². The van der Waals surface area contributed by atoms with Crippen LogP contribution in [0.1, 0.15) is 15.9 Å². The Kier molecular flexibility index (Phi) is 5.46. The lowest BCUT2D eigenvalue weighted by Crippen LogP contribution is -2.14. The van der Waals surface area contributed by atoms with Crippen LogP contribution in [0.15, 0.2) is 71.3 Å². The van der Waals surface area contributed by atoms with E-state index in [2.05, 4.69) is 31.5 Å². The molecule has 138 valence electrons. The van der Waals surface area contributed by atoms with Crippen LogP contribution >= 0.6 is 15.9 Å². The van der Waals surface area contributed by atoms with Crippen LogP contribution in [0.5, 0.6) is 0 Å². The minimum absolute atomic E-state index is 0.242. The summed E-state index contributed by atoms with van der Waals surface area (Å²) >= 11 is 3.32. The molecule has 3 aromatic rings. The number of nitrogens with one attached hydrogen (secondary N) is 2. The number of rotatable bonds is 4. The predicted octanol–water partition coefficient (Wildman–Crippen LogP) is 5.86. The lowest BCUT2D eigenvalue weighted by molar-refractivity contribution is -0.137. The van der Waals surface area contributed by atoms with E-state index in [1.54, 1.807) is 36.4 Å². The Morgan fingerprint density at radius 2 is 1.56 bits per heavy atom. The molecule has 0 aliphatic carbocycles. The second kappa shape index (κ2) is 7.79. The molecule has 0 fully saturated rings. The first-order valence-electron chi connectivity index (χ1n) is 7.79. The molecular weight excluding hydrogens is 423 g/mol. The van der Waals surface area contributed by atoms with Gasteiger partial charge in [-0.05, 0) is 60.7 Å². The number of aromatic nitrogens is 1. The molecule has 2 aromatic carbocycles. The third-order valence-corrected chi connectivity index (χ3v) is 4.16. The molecular formula is C19H13BrF3N3O. The molecule has 8 heteroatoms. The smallest absolute Gasteiger partial charge is 0.340 e. The van der Waals surface area contributed by atoms with Gasteiger partial charge in [-0.15, -0.1) is 0 Å². The predicted molar refractivity (Wildman–Crippen MR) is 101 cm³/mol. The zero-order chi connectivity index (χ0) is 19.4. The number of alkyl halides is 3. The molecule has 0 unspecified atom stereocenters. The summed E-state index contributed by atoms with van der Waals surface area (Å²) < 4.78 is 38.9. The fraction of sp³-hybridized carbons (Fsp3) is 0.0526. The molecule has 1 amide bonds. The average molecular weight is 436 g/mol. The van der Waals surface area contributed by atoms with Gasteiger partial charge in [0.1, 0.15) is 5.82 Å². The van der Waals surface area contributed by atoms with E-state index in [1.807, 2.05) is 0 Å². The number of anilines is 3. The Morgan fingerprint density at radius 3 is 2.19 bits per heavy atom. The number of hydrogen-bond donors (Lipinski definition) is 2. The molecule has 0 saturated heterocycles. The lowest BCUT2D eigenvalue weighted by Gasteiger charge is -2.12. The third-order valence-electron chi connectivity index (χ3n) is 3.63. The van der Waals surface area contributed by atoms with E-state index in [0.29, 0.717) is 11.4 Å². The zero-order valence-corrected chi connectivity index (χ0v) is 15.3. The maximum absolute atomic E-state index is 12.7. The number of hydrogen-bond acceptors (Lipinski definition) is 3. The van der Waals surface area contributed by atoms with Crippen molar-refractivity contribution in [1.29, 1.82) is 0 Å². The molecule has 0 spiro atoms. The SMILES string of the molecule is O=C(Nc1ccc(Br)cc1)c1cccnc1Nc1ccc(C(F)(F)F)cc1. The van der Waals surface area contributed by atoms with Gasteiger partial charge in [0.2, 0.25) is 0 Å². The van der Waals surface area contributed by atoms with E-state index >= 15 is 0 Å². The highest BCUT2D eigenvalue weighted by atomic mass is 79.9. The highest BCUT2D eigenvalue weighted by molar-refractivity contribution is 9.10. The molecule has 0 atom stereocenters. The van der Waals surface area contributed by atoms with Crippen molar-refractivity contribution in [3.8, 4) is 0 Å². The van der Waals surface area contributed by atoms with E-state index in [0.717, 1.165) is 16.6 Å². The summed E-state index contributed by atoms with van der Waals surface area (Å²) in [4.78, 5) is 16.7. The normalized spacial score (nSPS) is 11.1. The minimum atomic E-state index is -4.40. The molecule has 2 N–H and O–H groups in total. The molecule has 0 bridgehead atoms. The van der Waals surface area contributed by atoms with Gasteiger partial charge in [0.15, 0.2) is 0 Å². The van der Waals surface area contributed by atoms with E-state index < -0.39 is 11.7 Å². The maximum atomic E-state index is 12.7. The number of carbonyl (C=O) groups excluding carboxylic acids is 1. The second-order valence-corrected chi connectivity index (χ2v) is 6.48. The Morgan fingerprint density at radius 1 is 0.926 bits per heavy atom. The molecule has 0 radical (unpaired) electrons. The zero-order valence-electron chi connectivity index (χ0n) is 13.7. The van der Waals surface area contributed by atoms with Gasteiger partial charge >= 0.3 is 6.18 Å². The van der Waals surface area contributed by atoms with E-state index in [9.17, 15) is 18.0 Å². The van der Waals surface area contributed by atoms with Crippen molar-refractivity contribution < 1.29 is 18.0 Å². The standard InChI is InChI=1S/C19H13BrF3N3O/c20-13-5-9-15(10-6-13)26-18(27)16-2-1-11-24-17(16)25-14-7-3-12(4-8-14)19(21,22)23/h1-11H,(H,24,25)(H,26,27). The van der Waals surface area contributed by atoms with Gasteiger partial charge in [-0.25, -0.2) is 4.98 Å². The number of amides is 1. The topological polar surface area (TPSA) is 54.0 Å². The first kappa shape index (κ1) is 18.9. The van der Waals surface area contributed by atoms with Crippen molar-refractivity contribution >= 4 is 39.0 Å². The van der Waals surface area contributed by atoms with Crippen molar-refractivity contribution in [2.45, 2.75) is 6.18 Å². The Balaban J connectivity index is 1.79. The first-order chi connectivity index (χ1) is 12.8. The summed E-state index contributed by atoms with van der Waals surface area (Å²) in [6, 6.07) is 14.7. The van der Waals surface area contributed by atoms with Gasteiger partial charge < -0.3 is 10.6 Å². The summed E-state index contributed by atoms with van der Waals surface area (Å²) in [6.45, 7) is 0. The molecule has 3 rings (SSSR count). The average Bonchev–Trinajstić information content (AvgIpc) is 2.64. The molecule has 0 aliphatic rings. The minimum Gasteiger partial charge on any atom is -0.340 e. The summed E-state index contributed by atoms with van der Waals surface area (Å²) in [7, 11) is 0. The number of pyridine rings is 1. The van der Waals surface area contributed by atoms with Gasteiger partial charge in [-0.1, -0.05) is 15.9 Å². The van der Waals surface area contributed by atoms with Crippen molar-refractivity contribution in [3.63, 3.8) is 0 Å². The molecule has 0 saturated carbocycles. The van der Waals surface area contributed by atoms with Crippen LogP contribution in [0.2, 0.25) is 0 Å². The number of benzene rings is 2. The van der Waals surface area contributed by atoms with Gasteiger partial charge in [0.25, 0.3) is 5.91 Å². The highest BCUT2D eigenvalue weighted by Crippen LogP contribution is 2.30. The van der Waals surface area contributed by atoms with E-state index in [4.69, 9.17) is 0 Å². The lowest BCUT2D eigenvalue weighted by atomic mass is 10.2.